The van der Waals surface area contributed by atoms with E-state index in [2.05, 4.69) is 11.7 Å². The van der Waals surface area contributed by atoms with Gasteiger partial charge in [-0.15, -0.1) is 0 Å². The van der Waals surface area contributed by atoms with Crippen LogP contribution in [0.5, 0.6) is 0 Å². The Morgan fingerprint density at radius 2 is 2.22 bits per heavy atom. The molecule has 9 heavy (non-hydrogen) atoms. The topological polar surface area (TPSA) is 29.5 Å². The van der Waals surface area contributed by atoms with Crippen molar-refractivity contribution in [3.8, 4) is 0 Å². The third kappa shape index (κ3) is 8.97. The maximum absolute atomic E-state index is 8.27. The van der Waals surface area contributed by atoms with Crippen molar-refractivity contribution in [1.82, 2.24) is 0 Å². The molecule has 2 nitrogen and oxygen atoms in total. The van der Waals surface area contributed by atoms with E-state index in [4.69, 9.17) is 9.84 Å². The molecule has 0 fully saturated rings. The zero-order valence-electron chi connectivity index (χ0n) is 4.95. The third-order valence-electron chi connectivity index (χ3n) is 0.599. The van der Waals surface area contributed by atoms with Crippen LogP contribution in [0.4, 0.5) is 0 Å². The molecule has 1 N–H and O–H groups in total. The molecule has 0 aliphatic rings. The average molecular weight is 186 g/mol. The van der Waals surface area contributed by atoms with Crippen LogP contribution in [-0.4, -0.2) is 30.7 Å². The van der Waals surface area contributed by atoms with Gasteiger partial charge in [-0.25, -0.2) is 0 Å². The average Bonchev–Trinajstić information content (AvgIpc) is 1.89. The van der Waals surface area contributed by atoms with Gasteiger partial charge in [-0.3, -0.25) is 0 Å². The van der Waals surface area contributed by atoms with Crippen LogP contribution >= 0.6 is 32.3 Å². The lowest BCUT2D eigenvalue weighted by atomic mass is 10.7. The Morgan fingerprint density at radius 1 is 1.44 bits per heavy atom. The number of thiol groups is 1. The van der Waals surface area contributed by atoms with E-state index in [-0.39, 0.29) is 6.61 Å². The number of rotatable bonds is 6. The first kappa shape index (κ1) is 9.97. The number of hydrogen-bond acceptors (Lipinski definition) is 5. The maximum atomic E-state index is 8.27. The summed E-state index contributed by atoms with van der Waals surface area (Å²) in [5, 5.41) is 8.27. The SMILES string of the molecule is OCCOCCSSS. The number of aliphatic hydroxyl groups is 1. The highest BCUT2D eigenvalue weighted by molar-refractivity contribution is 9.05. The first-order valence-corrected chi connectivity index (χ1v) is 5.90. The van der Waals surface area contributed by atoms with Gasteiger partial charge in [0.05, 0.1) is 19.8 Å². The normalized spacial score (nSPS) is 10.0. The minimum Gasteiger partial charge on any atom is -0.394 e. The highest BCUT2D eigenvalue weighted by atomic mass is 33.5. The quantitative estimate of drug-likeness (QED) is 0.371. The van der Waals surface area contributed by atoms with Gasteiger partial charge in [0.1, 0.15) is 0 Å². The summed E-state index contributed by atoms with van der Waals surface area (Å²) in [6.45, 7) is 1.25. The van der Waals surface area contributed by atoms with Gasteiger partial charge in [0, 0.05) is 5.75 Å². The minimum atomic E-state index is 0.110. The standard InChI is InChI=1S/C4H10O2S3/c5-1-2-6-3-4-8-9-7/h5,7H,1-4H2. The molecule has 0 aromatic heterocycles. The molecule has 56 valence electrons. The fourth-order valence-electron chi connectivity index (χ4n) is 0.297. The molecule has 0 unspecified atom stereocenters. The van der Waals surface area contributed by atoms with Crippen LogP contribution in [0.25, 0.3) is 0 Å². The van der Waals surface area contributed by atoms with Crippen molar-refractivity contribution in [2.45, 2.75) is 0 Å². The van der Waals surface area contributed by atoms with Crippen molar-refractivity contribution in [2.24, 2.45) is 0 Å². The largest absolute Gasteiger partial charge is 0.394 e. The Labute approximate surface area is 67.9 Å². The van der Waals surface area contributed by atoms with E-state index < -0.39 is 0 Å². The van der Waals surface area contributed by atoms with Crippen LogP contribution in [0.15, 0.2) is 0 Å². The van der Waals surface area contributed by atoms with E-state index in [1.165, 1.54) is 9.83 Å². The smallest absolute Gasteiger partial charge is 0.0698 e. The molecule has 0 saturated heterocycles. The lowest BCUT2D eigenvalue weighted by molar-refractivity contribution is 0.103. The predicted molar refractivity (Wildman–Crippen MR) is 46.9 cm³/mol. The molecule has 0 rings (SSSR count). The van der Waals surface area contributed by atoms with Crippen LogP contribution in [0.2, 0.25) is 0 Å². The number of hydrogen-bond donors (Lipinski definition) is 2. The Kier molecular flexibility index (Phi) is 9.94. The first-order valence-electron chi connectivity index (χ1n) is 2.53. The van der Waals surface area contributed by atoms with Gasteiger partial charge in [0.15, 0.2) is 0 Å². The molecule has 5 heteroatoms. The van der Waals surface area contributed by atoms with E-state index in [1.54, 1.807) is 10.8 Å². The molecule has 0 saturated carbocycles. The van der Waals surface area contributed by atoms with Gasteiger partial charge in [0.2, 0.25) is 0 Å². The van der Waals surface area contributed by atoms with E-state index in [0.717, 1.165) is 5.75 Å². The third-order valence-corrected chi connectivity index (χ3v) is 2.80. The summed E-state index contributed by atoms with van der Waals surface area (Å²) in [6, 6.07) is 0. The molecule has 0 amide bonds. The summed E-state index contributed by atoms with van der Waals surface area (Å²) in [4.78, 5) is 0. The molecule has 0 atom stereocenters. The Balaban J connectivity index is 2.60. The zero-order chi connectivity index (χ0) is 6.95. The van der Waals surface area contributed by atoms with Crippen LogP contribution < -0.4 is 0 Å². The van der Waals surface area contributed by atoms with Crippen LogP contribution in [0, 0.1) is 0 Å². The van der Waals surface area contributed by atoms with E-state index in [1.807, 2.05) is 0 Å². The zero-order valence-corrected chi connectivity index (χ0v) is 7.48. The first-order chi connectivity index (χ1) is 4.41. The Hall–Kier alpha value is 0.970. The van der Waals surface area contributed by atoms with E-state index >= 15 is 0 Å². The van der Waals surface area contributed by atoms with E-state index in [9.17, 15) is 0 Å². The summed E-state index contributed by atoms with van der Waals surface area (Å²) in [7, 11) is 3.06. The molecule has 0 heterocycles. The summed E-state index contributed by atoms with van der Waals surface area (Å²) < 4.78 is 4.97. The van der Waals surface area contributed by atoms with Crippen molar-refractivity contribution in [2.75, 3.05) is 25.6 Å². The fourth-order valence-corrected chi connectivity index (χ4v) is 1.66. The molecule has 0 aromatic carbocycles. The van der Waals surface area contributed by atoms with Gasteiger partial charge >= 0.3 is 0 Å². The Bertz CT molecular complexity index is 47.1. The van der Waals surface area contributed by atoms with Gasteiger partial charge in [-0.1, -0.05) is 22.5 Å². The summed E-state index contributed by atoms with van der Waals surface area (Å²) >= 11 is 3.92. The molecular weight excluding hydrogens is 176 g/mol. The fraction of sp³-hybridized carbons (Fsp3) is 1.00. The predicted octanol–water partition coefficient (Wildman–Crippen LogP) is 1.22. The van der Waals surface area contributed by atoms with Crippen molar-refractivity contribution < 1.29 is 9.84 Å². The Morgan fingerprint density at radius 3 is 2.78 bits per heavy atom. The summed E-state index contributed by atoms with van der Waals surface area (Å²) in [5.74, 6) is 0.925. The van der Waals surface area contributed by atoms with Gasteiger partial charge in [0.25, 0.3) is 0 Å². The van der Waals surface area contributed by atoms with Gasteiger partial charge in [-0.2, -0.15) is 0 Å². The number of ether oxygens (including phenoxy) is 1. The molecular formula is C4H10O2S3. The molecule has 0 aliphatic heterocycles. The summed E-state index contributed by atoms with van der Waals surface area (Å²) in [6.07, 6.45) is 0. The highest BCUT2D eigenvalue weighted by Gasteiger charge is 1.86. The summed E-state index contributed by atoms with van der Waals surface area (Å²) in [5.41, 5.74) is 0. The molecule has 0 aliphatic carbocycles. The van der Waals surface area contributed by atoms with Crippen LogP contribution in [0.3, 0.4) is 0 Å². The lowest BCUT2D eigenvalue weighted by Gasteiger charge is -1.98. The monoisotopic (exact) mass is 186 g/mol. The second-order valence-corrected chi connectivity index (χ2v) is 4.52. The highest BCUT2D eigenvalue weighted by Crippen LogP contribution is 2.23. The van der Waals surface area contributed by atoms with Crippen molar-refractivity contribution >= 4 is 32.3 Å². The van der Waals surface area contributed by atoms with Crippen LogP contribution in [-0.2, 0) is 4.74 Å². The molecule has 0 spiro atoms. The lowest BCUT2D eigenvalue weighted by Crippen LogP contribution is -2.01. The van der Waals surface area contributed by atoms with Crippen molar-refractivity contribution in [3.63, 3.8) is 0 Å². The van der Waals surface area contributed by atoms with Crippen molar-refractivity contribution in [3.05, 3.63) is 0 Å². The molecule has 0 aromatic rings. The van der Waals surface area contributed by atoms with E-state index in [0.29, 0.717) is 13.2 Å². The second-order valence-electron chi connectivity index (χ2n) is 1.23. The number of aliphatic hydroxyl groups excluding tert-OH is 1. The van der Waals surface area contributed by atoms with Gasteiger partial charge in [-0.05, 0) is 9.83 Å². The maximum Gasteiger partial charge on any atom is 0.0698 e. The van der Waals surface area contributed by atoms with Crippen LogP contribution in [0.1, 0.15) is 0 Å². The van der Waals surface area contributed by atoms with Gasteiger partial charge < -0.3 is 9.84 Å². The molecule has 0 bridgehead atoms. The van der Waals surface area contributed by atoms with Crippen molar-refractivity contribution in [1.29, 1.82) is 0 Å². The minimum absolute atomic E-state index is 0.110. The molecule has 0 radical (unpaired) electrons. The second kappa shape index (κ2) is 8.97.